The first-order valence-corrected chi connectivity index (χ1v) is 7.42. The molecule has 2 atom stereocenters. The predicted octanol–water partition coefficient (Wildman–Crippen LogP) is 1.51. The summed E-state index contributed by atoms with van der Waals surface area (Å²) in [6.07, 6.45) is 5.70. The van der Waals surface area contributed by atoms with Crippen LogP contribution in [0.1, 0.15) is 49.8 Å². The standard InChI is InChI=1S/C14H24N4O/c1-10-15-16-14(18(10)12-6-7-12)9-17(2)8-11-4-3-5-13(11)19/h11-13,19H,3-9H2,1-2H3. The minimum atomic E-state index is -0.106. The molecule has 0 aromatic carbocycles. The van der Waals surface area contributed by atoms with Crippen LogP contribution < -0.4 is 0 Å². The maximum absolute atomic E-state index is 9.90. The molecule has 2 unspecified atom stereocenters. The first-order chi connectivity index (χ1) is 9.15. The Labute approximate surface area is 114 Å². The summed E-state index contributed by atoms with van der Waals surface area (Å²) in [5.41, 5.74) is 0. The Morgan fingerprint density at radius 2 is 2.05 bits per heavy atom. The Kier molecular flexibility index (Phi) is 3.58. The van der Waals surface area contributed by atoms with Gasteiger partial charge >= 0.3 is 0 Å². The zero-order chi connectivity index (χ0) is 13.4. The topological polar surface area (TPSA) is 54.2 Å². The summed E-state index contributed by atoms with van der Waals surface area (Å²) in [6, 6.07) is 0.635. The van der Waals surface area contributed by atoms with Gasteiger partial charge in [0.1, 0.15) is 11.6 Å². The van der Waals surface area contributed by atoms with Crippen LogP contribution >= 0.6 is 0 Å². The summed E-state index contributed by atoms with van der Waals surface area (Å²) in [5.74, 6) is 2.55. The first-order valence-electron chi connectivity index (χ1n) is 7.42. The van der Waals surface area contributed by atoms with Crippen molar-refractivity contribution >= 4 is 0 Å². The molecule has 2 aliphatic rings. The molecular weight excluding hydrogens is 240 g/mol. The fourth-order valence-corrected chi connectivity index (χ4v) is 3.27. The molecule has 2 fully saturated rings. The van der Waals surface area contributed by atoms with Crippen LogP contribution in [-0.2, 0) is 6.54 Å². The summed E-state index contributed by atoms with van der Waals surface area (Å²) in [4.78, 5) is 2.28. The molecule has 0 aliphatic heterocycles. The lowest BCUT2D eigenvalue weighted by Crippen LogP contribution is -2.30. The minimum absolute atomic E-state index is 0.106. The molecule has 0 spiro atoms. The number of aliphatic hydroxyl groups excluding tert-OH is 1. The highest BCUT2D eigenvalue weighted by Gasteiger charge is 2.30. The van der Waals surface area contributed by atoms with E-state index in [4.69, 9.17) is 0 Å². The van der Waals surface area contributed by atoms with Gasteiger partial charge in [-0.25, -0.2) is 0 Å². The number of hydrogen-bond donors (Lipinski definition) is 1. The first kappa shape index (κ1) is 13.1. The van der Waals surface area contributed by atoms with Crippen LogP contribution in [0.25, 0.3) is 0 Å². The SMILES string of the molecule is Cc1nnc(CN(C)CC2CCCC2O)n1C1CC1. The van der Waals surface area contributed by atoms with E-state index in [1.807, 2.05) is 6.92 Å². The van der Waals surface area contributed by atoms with E-state index in [-0.39, 0.29) is 6.10 Å². The third-order valence-corrected chi connectivity index (χ3v) is 4.43. The third-order valence-electron chi connectivity index (χ3n) is 4.43. The summed E-state index contributed by atoms with van der Waals surface area (Å²) >= 11 is 0. The molecule has 3 rings (SSSR count). The number of aryl methyl sites for hydroxylation is 1. The van der Waals surface area contributed by atoms with E-state index >= 15 is 0 Å². The molecule has 0 amide bonds. The Balaban J connectivity index is 1.61. The quantitative estimate of drug-likeness (QED) is 0.876. The highest BCUT2D eigenvalue weighted by molar-refractivity contribution is 5.01. The van der Waals surface area contributed by atoms with E-state index < -0.39 is 0 Å². The van der Waals surface area contributed by atoms with E-state index in [2.05, 4.69) is 26.7 Å². The number of rotatable bonds is 5. The molecule has 106 valence electrons. The molecule has 0 radical (unpaired) electrons. The van der Waals surface area contributed by atoms with Crippen LogP contribution in [0.3, 0.4) is 0 Å². The molecule has 5 nitrogen and oxygen atoms in total. The van der Waals surface area contributed by atoms with Gasteiger partial charge < -0.3 is 9.67 Å². The Bertz CT molecular complexity index is 441. The molecule has 0 saturated heterocycles. The van der Waals surface area contributed by atoms with Gasteiger partial charge in [0.2, 0.25) is 0 Å². The fraction of sp³-hybridized carbons (Fsp3) is 0.857. The van der Waals surface area contributed by atoms with E-state index in [1.165, 1.54) is 12.8 Å². The van der Waals surface area contributed by atoms with Gasteiger partial charge in [0.15, 0.2) is 0 Å². The molecule has 5 heteroatoms. The van der Waals surface area contributed by atoms with Crippen molar-refractivity contribution in [3.63, 3.8) is 0 Å². The number of hydrogen-bond acceptors (Lipinski definition) is 4. The van der Waals surface area contributed by atoms with Crippen LogP contribution in [0.15, 0.2) is 0 Å². The van der Waals surface area contributed by atoms with Gasteiger partial charge in [0, 0.05) is 12.6 Å². The second-order valence-corrected chi connectivity index (χ2v) is 6.22. The van der Waals surface area contributed by atoms with E-state index in [0.717, 1.165) is 44.0 Å². The lowest BCUT2D eigenvalue weighted by molar-refractivity contribution is 0.107. The average molecular weight is 264 g/mol. The largest absolute Gasteiger partial charge is 0.393 e. The Morgan fingerprint density at radius 3 is 2.68 bits per heavy atom. The number of aromatic nitrogens is 3. The monoisotopic (exact) mass is 264 g/mol. The van der Waals surface area contributed by atoms with Gasteiger partial charge in [0.25, 0.3) is 0 Å². The summed E-state index contributed by atoms with van der Waals surface area (Å²) in [7, 11) is 2.12. The third kappa shape index (κ3) is 2.82. The molecule has 1 N–H and O–H groups in total. The zero-order valence-electron chi connectivity index (χ0n) is 11.9. The minimum Gasteiger partial charge on any atom is -0.393 e. The molecule has 1 aromatic rings. The zero-order valence-corrected chi connectivity index (χ0v) is 11.9. The normalized spacial score (nSPS) is 27.4. The predicted molar refractivity (Wildman–Crippen MR) is 72.7 cm³/mol. The van der Waals surface area contributed by atoms with Crippen molar-refractivity contribution in [1.82, 2.24) is 19.7 Å². The van der Waals surface area contributed by atoms with Crippen LogP contribution in [-0.4, -0.2) is 44.5 Å². The van der Waals surface area contributed by atoms with Gasteiger partial charge in [-0.3, -0.25) is 4.90 Å². The molecule has 19 heavy (non-hydrogen) atoms. The van der Waals surface area contributed by atoms with Crippen LogP contribution in [0, 0.1) is 12.8 Å². The molecule has 1 aromatic heterocycles. The van der Waals surface area contributed by atoms with Crippen LogP contribution in [0.4, 0.5) is 0 Å². The van der Waals surface area contributed by atoms with Crippen molar-refractivity contribution < 1.29 is 5.11 Å². The summed E-state index contributed by atoms with van der Waals surface area (Å²) in [6.45, 7) is 3.83. The lowest BCUT2D eigenvalue weighted by atomic mass is 10.1. The molecule has 0 bridgehead atoms. The van der Waals surface area contributed by atoms with E-state index in [0.29, 0.717) is 12.0 Å². The van der Waals surface area contributed by atoms with Crippen molar-refractivity contribution in [3.8, 4) is 0 Å². The maximum atomic E-state index is 9.90. The van der Waals surface area contributed by atoms with Crippen molar-refractivity contribution in [2.24, 2.45) is 5.92 Å². The Hall–Kier alpha value is -0.940. The second kappa shape index (κ2) is 5.21. The average Bonchev–Trinajstić information content (AvgIpc) is 3.03. The van der Waals surface area contributed by atoms with E-state index in [9.17, 15) is 5.11 Å². The van der Waals surface area contributed by atoms with Gasteiger partial charge in [-0.1, -0.05) is 6.42 Å². The Morgan fingerprint density at radius 1 is 1.26 bits per heavy atom. The fourth-order valence-electron chi connectivity index (χ4n) is 3.27. The van der Waals surface area contributed by atoms with Gasteiger partial charge in [0.05, 0.1) is 12.6 Å². The van der Waals surface area contributed by atoms with Crippen molar-refractivity contribution in [2.45, 2.75) is 57.7 Å². The number of aliphatic hydroxyl groups is 1. The van der Waals surface area contributed by atoms with Gasteiger partial charge in [-0.2, -0.15) is 0 Å². The van der Waals surface area contributed by atoms with Gasteiger partial charge in [-0.05, 0) is 45.6 Å². The van der Waals surface area contributed by atoms with Crippen molar-refractivity contribution in [2.75, 3.05) is 13.6 Å². The smallest absolute Gasteiger partial charge is 0.147 e. The van der Waals surface area contributed by atoms with Crippen LogP contribution in [0.5, 0.6) is 0 Å². The molecule has 1 heterocycles. The van der Waals surface area contributed by atoms with E-state index in [1.54, 1.807) is 0 Å². The highest BCUT2D eigenvalue weighted by Crippen LogP contribution is 2.36. The lowest BCUT2D eigenvalue weighted by Gasteiger charge is -2.23. The van der Waals surface area contributed by atoms with Crippen molar-refractivity contribution in [1.29, 1.82) is 0 Å². The van der Waals surface area contributed by atoms with Crippen molar-refractivity contribution in [3.05, 3.63) is 11.6 Å². The molecule has 2 aliphatic carbocycles. The maximum Gasteiger partial charge on any atom is 0.147 e. The van der Waals surface area contributed by atoms with Gasteiger partial charge in [-0.15, -0.1) is 10.2 Å². The summed E-state index contributed by atoms with van der Waals surface area (Å²) in [5, 5.41) is 18.4. The number of nitrogens with zero attached hydrogens (tertiary/aromatic N) is 4. The summed E-state index contributed by atoms with van der Waals surface area (Å²) < 4.78 is 2.29. The molecule has 2 saturated carbocycles. The highest BCUT2D eigenvalue weighted by atomic mass is 16.3. The second-order valence-electron chi connectivity index (χ2n) is 6.22. The van der Waals surface area contributed by atoms with Crippen LogP contribution in [0.2, 0.25) is 0 Å². The molecular formula is C14H24N4O.